The van der Waals surface area contributed by atoms with E-state index in [2.05, 4.69) is 10.3 Å². The molecule has 1 N–H and O–H groups in total. The maximum atomic E-state index is 13.6. The van der Waals surface area contributed by atoms with Crippen LogP contribution in [0.2, 0.25) is 0 Å². The molecule has 100 valence electrons. The molecule has 0 amide bonds. The summed E-state index contributed by atoms with van der Waals surface area (Å²) in [5.74, 6) is 0.220. The van der Waals surface area contributed by atoms with Gasteiger partial charge in [-0.05, 0) is 37.2 Å². The van der Waals surface area contributed by atoms with E-state index in [1.807, 2.05) is 26.0 Å². The fourth-order valence-electron chi connectivity index (χ4n) is 1.67. The molecular weight excluding hydrogens is 243 g/mol. The van der Waals surface area contributed by atoms with Crippen molar-refractivity contribution >= 4 is 0 Å². The minimum absolute atomic E-state index is 0.202. The summed E-state index contributed by atoms with van der Waals surface area (Å²) in [6, 6.07) is 10.2. The van der Waals surface area contributed by atoms with Crippen molar-refractivity contribution in [1.29, 1.82) is 0 Å². The predicted molar refractivity (Wildman–Crippen MR) is 72.8 cm³/mol. The monoisotopic (exact) mass is 260 g/mol. The maximum Gasteiger partial charge on any atom is 0.219 e. The molecule has 1 heterocycles. The number of nitrogens with zero attached hydrogens (tertiary/aromatic N) is 1. The standard InChI is InChI=1S/C15H17FN2O/c1-3-17-10-12-5-4-6-15(18-12)19-14-9-11(2)7-8-13(14)16/h4-9,17H,3,10H2,1-2H3. The van der Waals surface area contributed by atoms with E-state index >= 15 is 0 Å². The number of nitrogens with one attached hydrogen (secondary N) is 1. The number of hydrogen-bond acceptors (Lipinski definition) is 3. The molecular formula is C15H17FN2O. The van der Waals surface area contributed by atoms with Crippen molar-refractivity contribution < 1.29 is 9.13 Å². The Bertz CT molecular complexity index is 558. The normalized spacial score (nSPS) is 10.5. The lowest BCUT2D eigenvalue weighted by Gasteiger charge is -2.08. The van der Waals surface area contributed by atoms with E-state index in [0.717, 1.165) is 17.8 Å². The molecule has 0 radical (unpaired) electrons. The van der Waals surface area contributed by atoms with E-state index in [9.17, 15) is 4.39 Å². The molecule has 0 aliphatic heterocycles. The highest BCUT2D eigenvalue weighted by molar-refractivity contribution is 5.32. The molecule has 1 aromatic carbocycles. The summed E-state index contributed by atoms with van der Waals surface area (Å²) >= 11 is 0. The summed E-state index contributed by atoms with van der Waals surface area (Å²) in [6.07, 6.45) is 0. The Labute approximate surface area is 112 Å². The van der Waals surface area contributed by atoms with Gasteiger partial charge < -0.3 is 10.1 Å². The zero-order valence-corrected chi connectivity index (χ0v) is 11.1. The van der Waals surface area contributed by atoms with Crippen LogP contribution in [0.3, 0.4) is 0 Å². The first-order valence-electron chi connectivity index (χ1n) is 6.29. The second-order valence-corrected chi connectivity index (χ2v) is 4.28. The van der Waals surface area contributed by atoms with Crippen LogP contribution in [0.15, 0.2) is 36.4 Å². The highest BCUT2D eigenvalue weighted by Gasteiger charge is 2.06. The van der Waals surface area contributed by atoms with Gasteiger partial charge >= 0.3 is 0 Å². The second-order valence-electron chi connectivity index (χ2n) is 4.28. The van der Waals surface area contributed by atoms with Crippen LogP contribution >= 0.6 is 0 Å². The third-order valence-corrected chi connectivity index (χ3v) is 2.64. The maximum absolute atomic E-state index is 13.6. The fraction of sp³-hybridized carbons (Fsp3) is 0.267. The minimum Gasteiger partial charge on any atom is -0.436 e. The fourth-order valence-corrected chi connectivity index (χ4v) is 1.67. The SMILES string of the molecule is CCNCc1cccc(Oc2cc(C)ccc2F)n1. The number of rotatable bonds is 5. The topological polar surface area (TPSA) is 34.1 Å². The highest BCUT2D eigenvalue weighted by atomic mass is 19.1. The van der Waals surface area contributed by atoms with Gasteiger partial charge in [0.1, 0.15) is 0 Å². The van der Waals surface area contributed by atoms with E-state index in [4.69, 9.17) is 4.74 Å². The molecule has 0 unspecified atom stereocenters. The quantitative estimate of drug-likeness (QED) is 0.894. The number of ether oxygens (including phenoxy) is 1. The smallest absolute Gasteiger partial charge is 0.219 e. The Hall–Kier alpha value is -1.94. The lowest BCUT2D eigenvalue weighted by molar-refractivity contribution is 0.425. The van der Waals surface area contributed by atoms with Gasteiger partial charge in [-0.15, -0.1) is 0 Å². The van der Waals surface area contributed by atoms with Gasteiger partial charge in [-0.2, -0.15) is 0 Å². The van der Waals surface area contributed by atoms with Crippen molar-refractivity contribution in [2.24, 2.45) is 0 Å². The van der Waals surface area contributed by atoms with E-state index in [-0.39, 0.29) is 11.6 Å². The zero-order valence-electron chi connectivity index (χ0n) is 11.1. The van der Waals surface area contributed by atoms with Gasteiger partial charge in [0.05, 0.1) is 5.69 Å². The van der Waals surface area contributed by atoms with E-state index in [1.165, 1.54) is 6.07 Å². The van der Waals surface area contributed by atoms with Crippen LogP contribution in [0.4, 0.5) is 4.39 Å². The van der Waals surface area contributed by atoms with E-state index < -0.39 is 0 Å². The van der Waals surface area contributed by atoms with Crippen LogP contribution in [0.5, 0.6) is 11.6 Å². The van der Waals surface area contributed by atoms with Crippen molar-refractivity contribution in [1.82, 2.24) is 10.3 Å². The molecule has 0 saturated carbocycles. The van der Waals surface area contributed by atoms with Crippen LogP contribution in [0.25, 0.3) is 0 Å². The summed E-state index contributed by atoms with van der Waals surface area (Å²) in [5.41, 5.74) is 1.81. The predicted octanol–water partition coefficient (Wildman–Crippen LogP) is 3.43. The van der Waals surface area contributed by atoms with Crippen molar-refractivity contribution in [3.63, 3.8) is 0 Å². The number of aryl methyl sites for hydroxylation is 1. The van der Waals surface area contributed by atoms with Gasteiger partial charge in [0.25, 0.3) is 0 Å². The second kappa shape index (κ2) is 6.29. The van der Waals surface area contributed by atoms with Crippen molar-refractivity contribution in [3.05, 3.63) is 53.5 Å². The van der Waals surface area contributed by atoms with Gasteiger partial charge in [-0.25, -0.2) is 9.37 Å². The van der Waals surface area contributed by atoms with Crippen LogP contribution < -0.4 is 10.1 Å². The Balaban J connectivity index is 2.16. The summed E-state index contributed by atoms with van der Waals surface area (Å²) in [7, 11) is 0. The van der Waals surface area contributed by atoms with Gasteiger partial charge in [-0.3, -0.25) is 0 Å². The molecule has 0 atom stereocenters. The lowest BCUT2D eigenvalue weighted by Crippen LogP contribution is -2.12. The highest BCUT2D eigenvalue weighted by Crippen LogP contribution is 2.24. The van der Waals surface area contributed by atoms with Crippen LogP contribution in [0.1, 0.15) is 18.2 Å². The molecule has 0 bridgehead atoms. The number of aromatic nitrogens is 1. The third-order valence-electron chi connectivity index (χ3n) is 2.64. The summed E-state index contributed by atoms with van der Waals surface area (Å²) in [5, 5.41) is 3.18. The molecule has 19 heavy (non-hydrogen) atoms. The zero-order chi connectivity index (χ0) is 13.7. The van der Waals surface area contributed by atoms with Gasteiger partial charge in [0.15, 0.2) is 11.6 Å². The third kappa shape index (κ3) is 3.76. The molecule has 0 aliphatic carbocycles. The molecule has 0 aliphatic rings. The molecule has 0 spiro atoms. The van der Waals surface area contributed by atoms with Gasteiger partial charge in [0, 0.05) is 12.6 Å². The van der Waals surface area contributed by atoms with Crippen molar-refractivity contribution in [2.75, 3.05) is 6.54 Å². The van der Waals surface area contributed by atoms with E-state index in [1.54, 1.807) is 18.2 Å². The molecule has 1 aromatic heterocycles. The summed E-state index contributed by atoms with van der Waals surface area (Å²) in [4.78, 5) is 4.32. The Morgan fingerprint density at radius 2 is 2.11 bits per heavy atom. The molecule has 2 aromatic rings. The minimum atomic E-state index is -0.385. The van der Waals surface area contributed by atoms with E-state index in [0.29, 0.717) is 12.4 Å². The Morgan fingerprint density at radius 3 is 2.89 bits per heavy atom. The number of pyridine rings is 1. The number of hydrogen-bond donors (Lipinski definition) is 1. The van der Waals surface area contributed by atoms with Gasteiger partial charge in [-0.1, -0.05) is 19.1 Å². The average molecular weight is 260 g/mol. The van der Waals surface area contributed by atoms with Gasteiger partial charge in [0.2, 0.25) is 5.88 Å². The van der Waals surface area contributed by atoms with Crippen LogP contribution in [-0.2, 0) is 6.54 Å². The van der Waals surface area contributed by atoms with Crippen molar-refractivity contribution in [2.45, 2.75) is 20.4 Å². The molecule has 2 rings (SSSR count). The molecule has 0 saturated heterocycles. The van der Waals surface area contributed by atoms with Crippen LogP contribution in [-0.4, -0.2) is 11.5 Å². The Morgan fingerprint density at radius 1 is 1.26 bits per heavy atom. The molecule has 3 nitrogen and oxygen atoms in total. The van der Waals surface area contributed by atoms with Crippen LogP contribution in [0, 0.1) is 12.7 Å². The molecule has 4 heteroatoms. The largest absolute Gasteiger partial charge is 0.436 e. The number of benzene rings is 1. The summed E-state index contributed by atoms with van der Waals surface area (Å²) < 4.78 is 19.1. The first-order chi connectivity index (χ1) is 9.19. The lowest BCUT2D eigenvalue weighted by atomic mass is 10.2. The molecule has 0 fully saturated rings. The summed E-state index contributed by atoms with van der Waals surface area (Å²) in [6.45, 7) is 5.47. The first kappa shape index (κ1) is 13.5. The number of halogens is 1. The first-order valence-corrected chi connectivity index (χ1v) is 6.29. The average Bonchev–Trinajstić information content (AvgIpc) is 2.41. The van der Waals surface area contributed by atoms with Crippen molar-refractivity contribution in [3.8, 4) is 11.6 Å². The Kier molecular flexibility index (Phi) is 4.47.